The molecule has 2 aromatic rings. The van der Waals surface area contributed by atoms with Gasteiger partial charge in [0.2, 0.25) is 18.2 Å². The Morgan fingerprint density at radius 2 is 1.78 bits per heavy atom. The van der Waals surface area contributed by atoms with Crippen LogP contribution in [-0.2, 0) is 20.8 Å². The highest BCUT2D eigenvalue weighted by Crippen LogP contribution is 2.19. The SMILES string of the molecule is C[C@@H]([C@@H](CCCc1ccccc1)C(=O)N[C@@H](CCCNC(N)=O)C(=O)Nc1ccccn1)N(O)C=O. The van der Waals surface area contributed by atoms with Crippen LogP contribution >= 0.6 is 0 Å². The fraction of sp³-hybridized carbons (Fsp3) is 0.400. The van der Waals surface area contributed by atoms with Gasteiger partial charge in [-0.1, -0.05) is 36.4 Å². The number of anilines is 1. The van der Waals surface area contributed by atoms with Gasteiger partial charge in [0.25, 0.3) is 0 Å². The van der Waals surface area contributed by atoms with Crippen molar-refractivity contribution < 1.29 is 24.4 Å². The number of urea groups is 1. The molecule has 1 aromatic heterocycles. The van der Waals surface area contributed by atoms with E-state index in [0.29, 0.717) is 36.6 Å². The fourth-order valence-electron chi connectivity index (χ4n) is 3.76. The van der Waals surface area contributed by atoms with Crippen LogP contribution in [0.1, 0.15) is 38.2 Å². The Morgan fingerprint density at radius 3 is 2.42 bits per heavy atom. The highest BCUT2D eigenvalue weighted by molar-refractivity contribution is 5.96. The monoisotopic (exact) mass is 498 g/mol. The summed E-state index contributed by atoms with van der Waals surface area (Å²) in [6, 6.07) is 12.4. The third-order valence-corrected chi connectivity index (χ3v) is 5.79. The third kappa shape index (κ3) is 9.71. The Labute approximate surface area is 210 Å². The average molecular weight is 499 g/mol. The molecule has 3 atom stereocenters. The van der Waals surface area contributed by atoms with Crippen LogP contribution in [0, 0.1) is 5.92 Å². The lowest BCUT2D eigenvalue weighted by Crippen LogP contribution is -2.50. The number of rotatable bonds is 15. The summed E-state index contributed by atoms with van der Waals surface area (Å²) in [5, 5.41) is 18.3. The molecule has 0 spiro atoms. The Kier molecular flexibility index (Phi) is 11.8. The van der Waals surface area contributed by atoms with Crippen molar-refractivity contribution in [1.29, 1.82) is 0 Å². The number of carbonyl (C=O) groups excluding carboxylic acids is 4. The van der Waals surface area contributed by atoms with Crippen molar-refractivity contribution in [3.8, 4) is 0 Å². The van der Waals surface area contributed by atoms with Gasteiger partial charge in [-0.2, -0.15) is 0 Å². The maximum absolute atomic E-state index is 13.3. The molecule has 1 aromatic carbocycles. The molecular formula is C25H34N6O5. The van der Waals surface area contributed by atoms with E-state index >= 15 is 0 Å². The predicted octanol–water partition coefficient (Wildman–Crippen LogP) is 1.83. The second-order valence-corrected chi connectivity index (χ2v) is 8.41. The molecule has 0 aliphatic carbocycles. The maximum Gasteiger partial charge on any atom is 0.312 e. The molecule has 0 unspecified atom stereocenters. The summed E-state index contributed by atoms with van der Waals surface area (Å²) in [5.41, 5.74) is 6.20. The number of primary amides is 1. The molecule has 0 aliphatic heterocycles. The number of nitrogens with one attached hydrogen (secondary N) is 3. The quantitative estimate of drug-likeness (QED) is 0.109. The molecule has 194 valence electrons. The summed E-state index contributed by atoms with van der Waals surface area (Å²) in [5.74, 6) is -1.39. The molecule has 0 saturated heterocycles. The molecule has 36 heavy (non-hydrogen) atoms. The van der Waals surface area contributed by atoms with Gasteiger partial charge in [-0.15, -0.1) is 0 Å². The minimum atomic E-state index is -0.943. The number of carbonyl (C=O) groups is 4. The topological polar surface area (TPSA) is 167 Å². The van der Waals surface area contributed by atoms with E-state index in [1.165, 1.54) is 6.20 Å². The molecule has 0 aliphatic rings. The number of nitrogens with two attached hydrogens (primary N) is 1. The second kappa shape index (κ2) is 15.1. The normalized spacial score (nSPS) is 13.1. The van der Waals surface area contributed by atoms with E-state index in [1.54, 1.807) is 25.1 Å². The zero-order chi connectivity index (χ0) is 26.3. The number of hydrogen-bond donors (Lipinski definition) is 5. The Bertz CT molecular complexity index is 975. The van der Waals surface area contributed by atoms with Crippen LogP contribution < -0.4 is 21.7 Å². The average Bonchev–Trinajstić information content (AvgIpc) is 2.88. The number of aromatic nitrogens is 1. The van der Waals surface area contributed by atoms with E-state index < -0.39 is 35.8 Å². The Hall–Kier alpha value is -3.99. The van der Waals surface area contributed by atoms with Crippen molar-refractivity contribution >= 4 is 30.1 Å². The van der Waals surface area contributed by atoms with E-state index in [0.717, 1.165) is 5.56 Å². The number of benzene rings is 1. The lowest BCUT2D eigenvalue weighted by Gasteiger charge is -2.29. The standard InChI is InChI=1S/C25H34N6O5/c1-18(31(36)17-32)20(12-7-11-19-9-3-2-4-10-19)23(33)29-21(13-8-16-28-25(26)35)24(34)30-22-14-5-6-15-27-22/h2-6,9-10,14-15,17-18,20-21,36H,7-8,11-13,16H2,1H3,(H,29,33)(H3,26,28,35)(H,27,30,34)/t18-,20+,21-/m0/s1. The fourth-order valence-corrected chi connectivity index (χ4v) is 3.76. The first kappa shape index (κ1) is 28.2. The summed E-state index contributed by atoms with van der Waals surface area (Å²) >= 11 is 0. The number of hydrogen-bond acceptors (Lipinski definition) is 6. The first-order chi connectivity index (χ1) is 17.3. The largest absolute Gasteiger partial charge is 0.352 e. The molecule has 0 radical (unpaired) electrons. The predicted molar refractivity (Wildman–Crippen MR) is 134 cm³/mol. The summed E-state index contributed by atoms with van der Waals surface area (Å²) < 4.78 is 0. The summed E-state index contributed by atoms with van der Waals surface area (Å²) in [7, 11) is 0. The molecule has 0 saturated carbocycles. The molecule has 11 heteroatoms. The van der Waals surface area contributed by atoms with Crippen molar-refractivity contribution in [2.45, 2.75) is 51.1 Å². The van der Waals surface area contributed by atoms with Crippen LogP contribution in [0.4, 0.5) is 10.6 Å². The second-order valence-electron chi connectivity index (χ2n) is 8.41. The zero-order valence-electron chi connectivity index (χ0n) is 20.3. The van der Waals surface area contributed by atoms with E-state index in [9.17, 15) is 24.4 Å². The van der Waals surface area contributed by atoms with Crippen molar-refractivity contribution in [1.82, 2.24) is 20.7 Å². The van der Waals surface area contributed by atoms with E-state index in [-0.39, 0.29) is 19.4 Å². The number of aryl methyl sites for hydroxylation is 1. The Morgan fingerprint density at radius 1 is 1.06 bits per heavy atom. The smallest absolute Gasteiger partial charge is 0.312 e. The lowest BCUT2D eigenvalue weighted by molar-refractivity contribution is -0.166. The van der Waals surface area contributed by atoms with Gasteiger partial charge in [0, 0.05) is 12.7 Å². The van der Waals surface area contributed by atoms with Crippen LogP contribution in [0.3, 0.4) is 0 Å². The van der Waals surface area contributed by atoms with Crippen LogP contribution in [0.25, 0.3) is 0 Å². The van der Waals surface area contributed by atoms with Crippen molar-refractivity contribution in [2.24, 2.45) is 11.7 Å². The third-order valence-electron chi connectivity index (χ3n) is 5.79. The molecule has 11 nitrogen and oxygen atoms in total. The van der Waals surface area contributed by atoms with Crippen LogP contribution in [-0.4, -0.2) is 58.1 Å². The van der Waals surface area contributed by atoms with Crippen LogP contribution in [0.15, 0.2) is 54.7 Å². The molecule has 5 amide bonds. The number of pyridine rings is 1. The zero-order valence-corrected chi connectivity index (χ0v) is 20.3. The maximum atomic E-state index is 13.3. The van der Waals surface area contributed by atoms with Gasteiger partial charge in [0.05, 0.1) is 12.0 Å². The molecule has 2 rings (SSSR count). The van der Waals surface area contributed by atoms with Crippen molar-refractivity contribution in [3.05, 3.63) is 60.3 Å². The van der Waals surface area contributed by atoms with Crippen LogP contribution in [0.5, 0.6) is 0 Å². The van der Waals surface area contributed by atoms with Gasteiger partial charge in [-0.25, -0.2) is 14.8 Å². The highest BCUT2D eigenvalue weighted by Gasteiger charge is 2.31. The van der Waals surface area contributed by atoms with Crippen molar-refractivity contribution in [3.63, 3.8) is 0 Å². The summed E-state index contributed by atoms with van der Waals surface area (Å²) in [6.07, 6.45) is 4.09. The first-order valence-electron chi connectivity index (χ1n) is 11.8. The summed E-state index contributed by atoms with van der Waals surface area (Å²) in [6.45, 7) is 1.80. The minimum Gasteiger partial charge on any atom is -0.352 e. The molecule has 1 heterocycles. The molecule has 0 bridgehead atoms. The molecular weight excluding hydrogens is 464 g/mol. The van der Waals surface area contributed by atoms with E-state index in [2.05, 4.69) is 20.9 Å². The number of hydroxylamine groups is 2. The van der Waals surface area contributed by atoms with Crippen molar-refractivity contribution in [2.75, 3.05) is 11.9 Å². The van der Waals surface area contributed by atoms with Gasteiger partial charge < -0.3 is 21.7 Å². The van der Waals surface area contributed by atoms with Gasteiger partial charge in [0.15, 0.2) is 0 Å². The van der Waals surface area contributed by atoms with Gasteiger partial charge >= 0.3 is 6.03 Å². The lowest BCUT2D eigenvalue weighted by atomic mass is 9.92. The van der Waals surface area contributed by atoms with E-state index in [4.69, 9.17) is 5.73 Å². The minimum absolute atomic E-state index is 0.215. The van der Waals surface area contributed by atoms with Crippen LogP contribution in [0.2, 0.25) is 0 Å². The van der Waals surface area contributed by atoms with Gasteiger partial charge in [0.1, 0.15) is 11.9 Å². The van der Waals surface area contributed by atoms with E-state index in [1.807, 2.05) is 30.3 Å². The number of amides is 5. The van der Waals surface area contributed by atoms with Gasteiger partial charge in [-0.3, -0.25) is 19.6 Å². The first-order valence-corrected chi connectivity index (χ1v) is 11.8. The molecule has 6 N–H and O–H groups in total. The van der Waals surface area contributed by atoms with Gasteiger partial charge in [-0.05, 0) is 56.7 Å². The summed E-state index contributed by atoms with van der Waals surface area (Å²) in [4.78, 5) is 52.5. The molecule has 0 fully saturated rings. The Balaban J connectivity index is 2.11. The highest BCUT2D eigenvalue weighted by atomic mass is 16.5. The number of nitrogens with zero attached hydrogens (tertiary/aromatic N) is 2.